The van der Waals surface area contributed by atoms with Gasteiger partial charge in [0.25, 0.3) is 0 Å². The summed E-state index contributed by atoms with van der Waals surface area (Å²) in [5.74, 6) is -0.0666. The van der Waals surface area contributed by atoms with Crippen molar-refractivity contribution in [3.8, 4) is 5.75 Å². The predicted octanol–water partition coefficient (Wildman–Crippen LogP) is 6.08. The highest BCUT2D eigenvalue weighted by atomic mass is 16.7. The molecule has 0 bridgehead atoms. The van der Waals surface area contributed by atoms with Crippen molar-refractivity contribution in [2.75, 3.05) is 12.2 Å². The minimum atomic E-state index is -0.884. The van der Waals surface area contributed by atoms with Crippen molar-refractivity contribution in [1.82, 2.24) is 0 Å². The molecular formula is C28H29NO5. The Morgan fingerprint density at radius 1 is 0.882 bits per heavy atom. The van der Waals surface area contributed by atoms with E-state index >= 15 is 0 Å². The molecule has 1 aliphatic heterocycles. The highest BCUT2D eigenvalue weighted by molar-refractivity contribution is 5.92. The summed E-state index contributed by atoms with van der Waals surface area (Å²) in [5, 5.41) is 13.1. The average Bonchev–Trinajstić information content (AvgIpc) is 2.83. The molecule has 0 aromatic heterocycles. The molecule has 0 amide bonds. The van der Waals surface area contributed by atoms with Gasteiger partial charge in [-0.2, -0.15) is 0 Å². The highest BCUT2D eigenvalue weighted by Gasteiger charge is 2.43. The fraction of sp³-hybridized carbons (Fsp3) is 0.250. The van der Waals surface area contributed by atoms with E-state index in [0.29, 0.717) is 17.0 Å². The maximum absolute atomic E-state index is 13.5. The molecule has 0 unspecified atom stereocenters. The van der Waals surface area contributed by atoms with E-state index in [1.54, 1.807) is 32.9 Å². The Labute approximate surface area is 200 Å². The Morgan fingerprint density at radius 3 is 1.97 bits per heavy atom. The number of aliphatic hydroxyl groups excluding tert-OH is 1. The van der Waals surface area contributed by atoms with Gasteiger partial charge in [0.2, 0.25) is 0 Å². The number of hydrogen-bond acceptors (Lipinski definition) is 6. The Balaban J connectivity index is 1.91. The molecule has 1 aliphatic rings. The standard InChI is InChI=1S/C28H29NO5/c1-28(2,3)33-27(31)23-24(19-11-7-5-8-12-19)29(21-15-17-22(32-4)18-16-21)34-26(25(23)30)20-13-9-6-10-14-20/h5-18,24,26,30H,1-4H3/t24-,26+/m0/s1. The summed E-state index contributed by atoms with van der Waals surface area (Å²) < 4.78 is 11.1. The molecule has 0 spiro atoms. The molecule has 3 aromatic carbocycles. The molecule has 6 heteroatoms. The van der Waals surface area contributed by atoms with Crippen LogP contribution < -0.4 is 9.80 Å². The first-order chi connectivity index (χ1) is 16.3. The van der Waals surface area contributed by atoms with Crippen molar-refractivity contribution in [1.29, 1.82) is 0 Å². The quantitative estimate of drug-likeness (QED) is 0.466. The molecule has 0 aliphatic carbocycles. The summed E-state index contributed by atoms with van der Waals surface area (Å²) >= 11 is 0. The third-order valence-corrected chi connectivity index (χ3v) is 5.41. The number of nitrogens with zero attached hydrogens (tertiary/aromatic N) is 1. The molecule has 176 valence electrons. The van der Waals surface area contributed by atoms with Gasteiger partial charge in [-0.25, -0.2) is 9.86 Å². The summed E-state index contributed by atoms with van der Waals surface area (Å²) in [6.07, 6.45) is -0.884. The lowest BCUT2D eigenvalue weighted by Crippen LogP contribution is -2.41. The zero-order valence-corrected chi connectivity index (χ0v) is 19.8. The van der Waals surface area contributed by atoms with Gasteiger partial charge in [0.15, 0.2) is 6.10 Å². The minimum absolute atomic E-state index is 0.136. The van der Waals surface area contributed by atoms with Crippen molar-refractivity contribution in [2.24, 2.45) is 0 Å². The lowest BCUT2D eigenvalue weighted by Gasteiger charge is -2.41. The number of hydrogen-bond donors (Lipinski definition) is 1. The van der Waals surface area contributed by atoms with Gasteiger partial charge in [-0.15, -0.1) is 0 Å². The van der Waals surface area contributed by atoms with Gasteiger partial charge in [-0.3, -0.25) is 4.84 Å². The number of carbonyl (C=O) groups excluding carboxylic acids is 1. The van der Waals surface area contributed by atoms with E-state index < -0.39 is 23.7 Å². The number of anilines is 1. The van der Waals surface area contributed by atoms with E-state index in [1.165, 1.54) is 0 Å². The van der Waals surface area contributed by atoms with E-state index in [2.05, 4.69) is 0 Å². The Morgan fingerprint density at radius 2 is 1.44 bits per heavy atom. The van der Waals surface area contributed by atoms with Crippen LogP contribution in [0, 0.1) is 0 Å². The van der Waals surface area contributed by atoms with Crippen LogP contribution in [0.3, 0.4) is 0 Å². The number of hydroxylamine groups is 1. The molecule has 0 saturated carbocycles. The van der Waals surface area contributed by atoms with Gasteiger partial charge in [0.05, 0.1) is 12.8 Å². The first kappa shape index (κ1) is 23.4. The van der Waals surface area contributed by atoms with Gasteiger partial charge >= 0.3 is 5.97 Å². The Kier molecular flexibility index (Phi) is 6.61. The molecule has 0 fully saturated rings. The second-order valence-corrected chi connectivity index (χ2v) is 9.03. The monoisotopic (exact) mass is 459 g/mol. The molecule has 4 rings (SSSR count). The first-order valence-electron chi connectivity index (χ1n) is 11.1. The van der Waals surface area contributed by atoms with Crippen LogP contribution in [0.1, 0.15) is 44.0 Å². The maximum atomic E-state index is 13.5. The molecule has 0 saturated heterocycles. The van der Waals surface area contributed by atoms with Crippen molar-refractivity contribution in [3.63, 3.8) is 0 Å². The summed E-state index contributed by atoms with van der Waals surface area (Å²) in [4.78, 5) is 19.9. The molecule has 6 nitrogen and oxygen atoms in total. The Bertz CT molecular complexity index is 1150. The van der Waals surface area contributed by atoms with E-state index in [-0.39, 0.29) is 11.3 Å². The molecule has 34 heavy (non-hydrogen) atoms. The fourth-order valence-corrected chi connectivity index (χ4v) is 3.90. The van der Waals surface area contributed by atoms with Crippen LogP contribution in [0.25, 0.3) is 0 Å². The first-order valence-corrected chi connectivity index (χ1v) is 11.1. The van der Waals surface area contributed by atoms with Crippen molar-refractivity contribution >= 4 is 11.7 Å². The van der Waals surface area contributed by atoms with Crippen LogP contribution in [-0.2, 0) is 14.4 Å². The highest BCUT2D eigenvalue weighted by Crippen LogP contribution is 2.45. The number of benzene rings is 3. The van der Waals surface area contributed by atoms with Crippen LogP contribution in [0.4, 0.5) is 5.69 Å². The number of aliphatic hydroxyl groups is 1. The molecule has 3 aromatic rings. The molecule has 1 heterocycles. The SMILES string of the molecule is COc1ccc(N2O[C@H](c3ccccc3)C(O)=C(C(=O)OC(C)(C)C)[C@@H]2c2ccccc2)cc1. The number of carbonyl (C=O) groups is 1. The van der Waals surface area contributed by atoms with Crippen LogP contribution in [0.5, 0.6) is 5.75 Å². The van der Waals surface area contributed by atoms with Crippen molar-refractivity contribution in [2.45, 2.75) is 38.5 Å². The van der Waals surface area contributed by atoms with Gasteiger partial charge in [-0.05, 0) is 56.2 Å². The molecule has 2 atom stereocenters. The van der Waals surface area contributed by atoms with Crippen molar-refractivity contribution < 1.29 is 24.2 Å². The second-order valence-electron chi connectivity index (χ2n) is 9.03. The smallest absolute Gasteiger partial charge is 0.340 e. The largest absolute Gasteiger partial charge is 0.508 e. The van der Waals surface area contributed by atoms with Gasteiger partial charge in [0.1, 0.15) is 28.7 Å². The average molecular weight is 460 g/mol. The van der Waals surface area contributed by atoms with Gasteiger partial charge in [-0.1, -0.05) is 60.7 Å². The van der Waals surface area contributed by atoms with Crippen molar-refractivity contribution in [3.05, 3.63) is 107 Å². The summed E-state index contributed by atoms with van der Waals surface area (Å²) in [6.45, 7) is 5.40. The Hall–Kier alpha value is -3.77. The van der Waals surface area contributed by atoms with Gasteiger partial charge in [0, 0.05) is 0 Å². The van der Waals surface area contributed by atoms with Crippen LogP contribution >= 0.6 is 0 Å². The topological polar surface area (TPSA) is 68.2 Å². The normalized spacial score (nSPS) is 18.5. The molecule has 0 radical (unpaired) electrons. The molecular weight excluding hydrogens is 430 g/mol. The van der Waals surface area contributed by atoms with Gasteiger partial charge < -0.3 is 14.6 Å². The zero-order valence-electron chi connectivity index (χ0n) is 19.8. The van der Waals surface area contributed by atoms with Crippen LogP contribution in [-0.4, -0.2) is 23.8 Å². The second kappa shape index (κ2) is 9.61. The molecule has 1 N–H and O–H groups in total. The summed E-state index contributed by atoms with van der Waals surface area (Å²) in [7, 11) is 1.60. The summed E-state index contributed by atoms with van der Waals surface area (Å²) in [5.41, 5.74) is 1.58. The third kappa shape index (κ3) is 4.92. The minimum Gasteiger partial charge on any atom is -0.508 e. The van der Waals surface area contributed by atoms with Crippen LogP contribution in [0.15, 0.2) is 96.3 Å². The van der Waals surface area contributed by atoms with E-state index in [4.69, 9.17) is 14.3 Å². The third-order valence-electron chi connectivity index (χ3n) is 5.41. The lowest BCUT2D eigenvalue weighted by molar-refractivity contribution is -0.152. The van der Waals surface area contributed by atoms with E-state index in [0.717, 1.165) is 5.56 Å². The number of rotatable bonds is 5. The number of methoxy groups -OCH3 is 1. The zero-order chi connectivity index (χ0) is 24.3. The number of ether oxygens (including phenoxy) is 2. The fourth-order valence-electron chi connectivity index (χ4n) is 3.90. The number of esters is 1. The van der Waals surface area contributed by atoms with Crippen LogP contribution in [0.2, 0.25) is 0 Å². The maximum Gasteiger partial charge on any atom is 0.340 e. The van der Waals surface area contributed by atoms with E-state index in [1.807, 2.05) is 84.9 Å². The summed E-state index contributed by atoms with van der Waals surface area (Å²) in [6, 6.07) is 25.4. The van der Waals surface area contributed by atoms with E-state index in [9.17, 15) is 9.90 Å². The predicted molar refractivity (Wildman–Crippen MR) is 130 cm³/mol. The lowest BCUT2D eigenvalue weighted by atomic mass is 9.92.